The van der Waals surface area contributed by atoms with Crippen LogP contribution < -0.4 is 4.74 Å². The maximum atomic E-state index is 14.9. The highest BCUT2D eigenvalue weighted by atomic mass is 19.3. The van der Waals surface area contributed by atoms with Crippen molar-refractivity contribution >= 4 is 0 Å². The van der Waals surface area contributed by atoms with Crippen LogP contribution in [0.3, 0.4) is 0 Å². The van der Waals surface area contributed by atoms with Gasteiger partial charge in [-0.05, 0) is 60.4 Å². The molecule has 4 rings (SSSR count). The second-order valence-corrected chi connectivity index (χ2v) is 9.47. The first-order valence-electron chi connectivity index (χ1n) is 12.8. The van der Waals surface area contributed by atoms with Gasteiger partial charge in [-0.3, -0.25) is 0 Å². The Kier molecular flexibility index (Phi) is 9.38. The molecular formula is C32H20F10O. The Hall–Kier alpha value is -4.46. The van der Waals surface area contributed by atoms with Gasteiger partial charge in [-0.15, -0.1) is 0 Å². The van der Waals surface area contributed by atoms with Gasteiger partial charge in [0.1, 0.15) is 34.8 Å². The zero-order valence-electron chi connectivity index (χ0n) is 22.2. The molecule has 4 aromatic rings. The molecule has 0 saturated heterocycles. The van der Waals surface area contributed by atoms with E-state index in [9.17, 15) is 43.9 Å². The molecule has 0 fully saturated rings. The summed E-state index contributed by atoms with van der Waals surface area (Å²) in [6.07, 6.45) is -1.35. The van der Waals surface area contributed by atoms with Gasteiger partial charge in [0, 0.05) is 17.7 Å². The summed E-state index contributed by atoms with van der Waals surface area (Å²) in [6.45, 7) is 1.97. The zero-order valence-corrected chi connectivity index (χ0v) is 22.2. The Balaban J connectivity index is 1.59. The maximum absolute atomic E-state index is 14.9. The molecule has 0 saturated carbocycles. The van der Waals surface area contributed by atoms with Crippen molar-refractivity contribution in [3.8, 4) is 28.7 Å². The van der Waals surface area contributed by atoms with Crippen molar-refractivity contribution in [1.82, 2.24) is 0 Å². The van der Waals surface area contributed by atoms with Crippen molar-refractivity contribution in [2.75, 3.05) is 0 Å². The van der Waals surface area contributed by atoms with Crippen LogP contribution in [-0.4, -0.2) is 0 Å². The van der Waals surface area contributed by atoms with Crippen LogP contribution in [0.15, 0.2) is 54.6 Å². The number of hydrogen-bond donors (Lipinski definition) is 0. The predicted molar refractivity (Wildman–Crippen MR) is 138 cm³/mol. The number of unbranched alkanes of at least 4 members (excludes halogenated alkanes) is 2. The largest absolute Gasteiger partial charge is 0.429 e. The van der Waals surface area contributed by atoms with Gasteiger partial charge in [0.05, 0.1) is 16.7 Å². The fraction of sp³-hybridized carbons (Fsp3) is 0.188. The summed E-state index contributed by atoms with van der Waals surface area (Å²) in [5.74, 6) is -9.14. The van der Waals surface area contributed by atoms with E-state index in [1.165, 1.54) is 6.07 Å². The Morgan fingerprint density at radius 3 is 1.81 bits per heavy atom. The van der Waals surface area contributed by atoms with E-state index in [1.54, 1.807) is 0 Å². The first-order chi connectivity index (χ1) is 20.3. The molecule has 11 heteroatoms. The summed E-state index contributed by atoms with van der Waals surface area (Å²) >= 11 is 0. The molecule has 0 heterocycles. The topological polar surface area (TPSA) is 9.23 Å². The van der Waals surface area contributed by atoms with Crippen LogP contribution in [0.2, 0.25) is 0 Å². The second kappa shape index (κ2) is 12.8. The molecule has 0 radical (unpaired) electrons. The van der Waals surface area contributed by atoms with E-state index in [0.717, 1.165) is 31.4 Å². The van der Waals surface area contributed by atoms with Crippen molar-refractivity contribution in [1.29, 1.82) is 0 Å². The highest BCUT2D eigenvalue weighted by Crippen LogP contribution is 2.37. The molecule has 0 N–H and O–H groups in total. The Labute approximate surface area is 239 Å². The Morgan fingerprint density at radius 1 is 0.651 bits per heavy atom. The van der Waals surface area contributed by atoms with E-state index in [4.69, 9.17) is 0 Å². The fourth-order valence-corrected chi connectivity index (χ4v) is 4.22. The number of halogens is 10. The lowest BCUT2D eigenvalue weighted by atomic mass is 10.0. The van der Waals surface area contributed by atoms with Gasteiger partial charge in [-0.25, -0.2) is 35.1 Å². The number of rotatable bonds is 8. The summed E-state index contributed by atoms with van der Waals surface area (Å²) in [5.41, 5.74) is -3.75. The molecule has 0 aliphatic heterocycles. The standard InChI is InChI=1S/C32H20F10O/c1-2-3-4-5-17-7-9-22(25(35)10-17)32(41,42)43-20-15-26(36)30(27(37)16-20)19-13-23(33)21(24(34)14-19)8-6-18-11-28(38)31(40)29(39)12-18/h7,9-16H,2-5H2,1H3. The monoisotopic (exact) mass is 610 g/mol. The molecule has 0 aromatic heterocycles. The molecule has 224 valence electrons. The van der Waals surface area contributed by atoms with Crippen molar-refractivity contribution in [2.45, 2.75) is 38.7 Å². The lowest BCUT2D eigenvalue weighted by molar-refractivity contribution is -0.187. The lowest BCUT2D eigenvalue weighted by Gasteiger charge is -2.20. The molecule has 0 atom stereocenters. The van der Waals surface area contributed by atoms with E-state index >= 15 is 0 Å². The molecule has 0 bridgehead atoms. The molecule has 0 spiro atoms. The Bertz CT molecular complexity index is 1670. The zero-order chi connectivity index (χ0) is 31.5. The van der Waals surface area contributed by atoms with Gasteiger partial charge >= 0.3 is 6.11 Å². The van der Waals surface area contributed by atoms with E-state index < -0.39 is 86.2 Å². The lowest BCUT2D eigenvalue weighted by Crippen LogP contribution is -2.23. The van der Waals surface area contributed by atoms with E-state index in [0.29, 0.717) is 48.4 Å². The summed E-state index contributed by atoms with van der Waals surface area (Å²) in [7, 11) is 0. The number of benzene rings is 4. The molecule has 0 amide bonds. The molecule has 0 aliphatic carbocycles. The van der Waals surface area contributed by atoms with Crippen LogP contribution in [0.5, 0.6) is 5.75 Å². The van der Waals surface area contributed by atoms with Crippen molar-refractivity contribution < 1.29 is 48.6 Å². The molecule has 0 unspecified atom stereocenters. The average molecular weight is 610 g/mol. The highest BCUT2D eigenvalue weighted by molar-refractivity contribution is 5.67. The first-order valence-corrected chi connectivity index (χ1v) is 12.8. The van der Waals surface area contributed by atoms with Crippen LogP contribution >= 0.6 is 0 Å². The van der Waals surface area contributed by atoms with Gasteiger partial charge in [0.2, 0.25) is 0 Å². The normalized spacial score (nSPS) is 11.3. The van der Waals surface area contributed by atoms with Crippen molar-refractivity contribution in [2.24, 2.45) is 0 Å². The van der Waals surface area contributed by atoms with Crippen LogP contribution in [0.25, 0.3) is 11.1 Å². The van der Waals surface area contributed by atoms with Crippen LogP contribution in [0, 0.1) is 58.4 Å². The average Bonchev–Trinajstić information content (AvgIpc) is 2.90. The smallest absolute Gasteiger partial charge is 0.429 e. The van der Waals surface area contributed by atoms with Crippen molar-refractivity contribution in [3.05, 3.63) is 123 Å². The highest BCUT2D eigenvalue weighted by Gasteiger charge is 2.38. The van der Waals surface area contributed by atoms with Crippen molar-refractivity contribution in [3.63, 3.8) is 0 Å². The number of alkyl halides is 2. The molecule has 1 nitrogen and oxygen atoms in total. The molecular weight excluding hydrogens is 590 g/mol. The summed E-state index contributed by atoms with van der Waals surface area (Å²) in [6, 6.07) is 5.69. The minimum Gasteiger partial charge on any atom is -0.429 e. The third-order valence-corrected chi connectivity index (χ3v) is 6.32. The van der Waals surface area contributed by atoms with Gasteiger partial charge in [0.25, 0.3) is 0 Å². The fourth-order valence-electron chi connectivity index (χ4n) is 4.22. The summed E-state index contributed by atoms with van der Waals surface area (Å²) < 4.78 is 147. The molecule has 4 aromatic carbocycles. The van der Waals surface area contributed by atoms with E-state index in [2.05, 4.69) is 10.7 Å². The number of aryl methyl sites for hydroxylation is 1. The van der Waals surface area contributed by atoms with Crippen LogP contribution in [-0.2, 0) is 12.5 Å². The first kappa shape index (κ1) is 31.5. The minimum atomic E-state index is -4.33. The molecule has 43 heavy (non-hydrogen) atoms. The van der Waals surface area contributed by atoms with Gasteiger partial charge in [0.15, 0.2) is 17.5 Å². The second-order valence-electron chi connectivity index (χ2n) is 9.47. The third-order valence-electron chi connectivity index (χ3n) is 6.32. The number of hydrogen-bond acceptors (Lipinski definition) is 1. The van der Waals surface area contributed by atoms with Crippen LogP contribution in [0.1, 0.15) is 48.4 Å². The minimum absolute atomic E-state index is 0.338. The summed E-state index contributed by atoms with van der Waals surface area (Å²) in [4.78, 5) is 0. The van der Waals surface area contributed by atoms with E-state index in [-0.39, 0.29) is 0 Å². The van der Waals surface area contributed by atoms with Gasteiger partial charge in [-0.2, -0.15) is 8.78 Å². The van der Waals surface area contributed by atoms with E-state index in [1.807, 2.05) is 12.8 Å². The number of ether oxygens (including phenoxy) is 1. The maximum Gasteiger partial charge on any atom is 0.429 e. The SMILES string of the molecule is CCCCCc1ccc(C(F)(F)Oc2cc(F)c(-c3cc(F)c(C#Cc4cc(F)c(F)c(F)c4)c(F)c3)c(F)c2)c(F)c1. The quantitative estimate of drug-likeness (QED) is 0.0836. The van der Waals surface area contributed by atoms with Gasteiger partial charge < -0.3 is 4.74 Å². The third kappa shape index (κ3) is 7.13. The van der Waals surface area contributed by atoms with Crippen LogP contribution in [0.4, 0.5) is 43.9 Å². The van der Waals surface area contributed by atoms with Gasteiger partial charge in [-0.1, -0.05) is 37.7 Å². The molecule has 0 aliphatic rings. The predicted octanol–water partition coefficient (Wildman–Crippen LogP) is 9.73. The summed E-state index contributed by atoms with van der Waals surface area (Å²) in [5, 5.41) is 0. The Morgan fingerprint density at radius 2 is 1.26 bits per heavy atom.